The van der Waals surface area contributed by atoms with Gasteiger partial charge in [0.25, 0.3) is 0 Å². The van der Waals surface area contributed by atoms with Crippen molar-refractivity contribution in [1.29, 1.82) is 0 Å². The summed E-state index contributed by atoms with van der Waals surface area (Å²) in [6.07, 6.45) is 0. The molecular formula is C21H58O7Si7. The Balaban J connectivity index is 6.60. The molecule has 0 aromatic heterocycles. The van der Waals surface area contributed by atoms with E-state index in [1.54, 1.807) is 0 Å². The Kier molecular flexibility index (Phi) is 13.5. The van der Waals surface area contributed by atoms with Crippen molar-refractivity contribution in [3.05, 3.63) is 0 Å². The zero-order valence-electron chi connectivity index (χ0n) is 26.1. The molecule has 0 aromatic carbocycles. The van der Waals surface area contributed by atoms with E-state index in [0.29, 0.717) is 19.3 Å². The van der Waals surface area contributed by atoms with Crippen molar-refractivity contribution < 1.29 is 29.4 Å². The van der Waals surface area contributed by atoms with Gasteiger partial charge in [0, 0.05) is 19.3 Å². The summed E-state index contributed by atoms with van der Waals surface area (Å²) in [5, 5.41) is 0. The molecule has 14 heteroatoms. The molecule has 212 valence electrons. The fourth-order valence-corrected chi connectivity index (χ4v) is 36.3. The predicted molar refractivity (Wildman–Crippen MR) is 165 cm³/mol. The van der Waals surface area contributed by atoms with Crippen LogP contribution < -0.4 is 0 Å². The van der Waals surface area contributed by atoms with Crippen LogP contribution in [-0.4, -0.2) is 72.7 Å². The highest BCUT2D eigenvalue weighted by molar-refractivity contribution is 6.92. The minimum atomic E-state index is -3.32. The third-order valence-electron chi connectivity index (χ3n) is 4.06. The van der Waals surface area contributed by atoms with Crippen molar-refractivity contribution in [3.63, 3.8) is 0 Å². The van der Waals surface area contributed by atoms with Crippen molar-refractivity contribution >= 4 is 59.4 Å². The Bertz CT molecular complexity index is 567. The SMILES string of the molecule is CCOCC(C)C[Si](O[Si](C)(C)O[Si](C)(C)C)(O[Si](C)(C)O[Si](C)(C)C)O[Si](C)(C)O[Si](C)(C)C. The lowest BCUT2D eigenvalue weighted by atomic mass is 10.2. The van der Waals surface area contributed by atoms with Gasteiger partial charge in [-0.25, -0.2) is 0 Å². The van der Waals surface area contributed by atoms with Crippen molar-refractivity contribution in [1.82, 2.24) is 0 Å². The summed E-state index contributed by atoms with van der Waals surface area (Å²) >= 11 is 0. The Hall–Kier alpha value is 1.24. The van der Waals surface area contributed by atoms with Crippen LogP contribution in [0, 0.1) is 5.92 Å². The highest BCUT2D eigenvalue weighted by Crippen LogP contribution is 2.35. The van der Waals surface area contributed by atoms with E-state index in [-0.39, 0.29) is 5.92 Å². The molecule has 0 saturated carbocycles. The molecule has 0 aromatic rings. The maximum atomic E-state index is 7.08. The van der Waals surface area contributed by atoms with Gasteiger partial charge in [-0.2, -0.15) is 0 Å². The largest absolute Gasteiger partial charge is 0.474 e. The first-order valence-electron chi connectivity index (χ1n) is 13.0. The van der Waals surface area contributed by atoms with E-state index in [1.807, 2.05) is 6.92 Å². The third-order valence-corrected chi connectivity index (χ3v) is 28.1. The quantitative estimate of drug-likeness (QED) is 0.158. The molecule has 0 saturated heterocycles. The molecule has 0 aliphatic carbocycles. The second-order valence-electron chi connectivity index (χ2n) is 13.8. The van der Waals surface area contributed by atoms with Crippen molar-refractivity contribution in [3.8, 4) is 0 Å². The Morgan fingerprint density at radius 3 is 1.00 bits per heavy atom. The van der Waals surface area contributed by atoms with Crippen molar-refractivity contribution in [2.75, 3.05) is 13.2 Å². The van der Waals surface area contributed by atoms with Gasteiger partial charge in [-0.3, -0.25) is 0 Å². The molecule has 0 heterocycles. The minimum Gasteiger partial charge on any atom is -0.437 e. The van der Waals surface area contributed by atoms with Crippen LogP contribution >= 0.6 is 0 Å². The minimum absolute atomic E-state index is 0.201. The fraction of sp³-hybridized carbons (Fsp3) is 1.00. The van der Waals surface area contributed by atoms with E-state index in [0.717, 1.165) is 0 Å². The van der Waals surface area contributed by atoms with Gasteiger partial charge in [-0.15, -0.1) is 0 Å². The molecule has 1 unspecified atom stereocenters. The topological polar surface area (TPSA) is 64.6 Å². The molecule has 7 nitrogen and oxygen atoms in total. The van der Waals surface area contributed by atoms with Crippen LogP contribution in [0.15, 0.2) is 0 Å². The van der Waals surface area contributed by atoms with Crippen LogP contribution in [-0.2, 0) is 29.4 Å². The second kappa shape index (κ2) is 13.1. The summed E-state index contributed by atoms with van der Waals surface area (Å²) in [6.45, 7) is 38.1. The van der Waals surface area contributed by atoms with Crippen molar-refractivity contribution in [2.45, 2.75) is 118 Å². The Morgan fingerprint density at radius 2 is 0.771 bits per heavy atom. The fourth-order valence-electron chi connectivity index (χ4n) is 4.39. The standard InChI is InChI=1S/C21H58O7Si7/c1-18-22-19-21(2)20-35(26-32(12,13)23-29(3,4)5,27-33(14,15)24-30(6,7)8)28-34(16,17)25-31(9,10)11/h21H,18-20H2,1-17H3. The van der Waals surface area contributed by atoms with Gasteiger partial charge in [-0.1, -0.05) is 6.92 Å². The van der Waals surface area contributed by atoms with E-state index >= 15 is 0 Å². The first-order valence-corrected chi connectivity index (χ1v) is 33.6. The molecule has 0 fully saturated rings. The molecule has 0 N–H and O–H groups in total. The average molecular weight is 619 g/mol. The van der Waals surface area contributed by atoms with E-state index in [1.165, 1.54) is 0 Å². The first-order chi connectivity index (χ1) is 15.2. The molecule has 1 atom stereocenters. The maximum Gasteiger partial charge on any atom is 0.474 e. The first kappa shape index (κ1) is 36.2. The van der Waals surface area contributed by atoms with E-state index in [9.17, 15) is 0 Å². The maximum absolute atomic E-state index is 7.08. The van der Waals surface area contributed by atoms with Gasteiger partial charge in [0.05, 0.1) is 0 Å². The molecular weight excluding hydrogens is 561 g/mol. The molecule has 0 amide bonds. The lowest BCUT2D eigenvalue weighted by Gasteiger charge is -2.47. The Labute approximate surface area is 225 Å². The van der Waals surface area contributed by atoms with Crippen LogP contribution in [0.4, 0.5) is 0 Å². The smallest absolute Gasteiger partial charge is 0.437 e. The Morgan fingerprint density at radius 1 is 0.486 bits per heavy atom. The summed E-state index contributed by atoms with van der Waals surface area (Å²) in [6, 6.07) is 0.648. The van der Waals surface area contributed by atoms with Gasteiger partial charge >= 0.3 is 34.5 Å². The summed E-state index contributed by atoms with van der Waals surface area (Å²) in [4.78, 5) is 0. The van der Waals surface area contributed by atoms with E-state index in [4.69, 9.17) is 29.4 Å². The molecule has 0 aliphatic heterocycles. The number of rotatable bonds is 17. The number of hydrogen-bond donors (Lipinski definition) is 0. The van der Waals surface area contributed by atoms with Gasteiger partial charge in [-0.05, 0) is 111 Å². The van der Waals surface area contributed by atoms with Crippen LogP contribution in [0.1, 0.15) is 13.8 Å². The van der Waals surface area contributed by atoms with E-state index in [2.05, 4.69) is 105 Å². The zero-order valence-corrected chi connectivity index (χ0v) is 33.1. The van der Waals surface area contributed by atoms with Crippen LogP contribution in [0.3, 0.4) is 0 Å². The van der Waals surface area contributed by atoms with Crippen molar-refractivity contribution in [2.24, 2.45) is 5.92 Å². The highest BCUT2D eigenvalue weighted by atomic mass is 28.5. The predicted octanol–water partition coefficient (Wildman–Crippen LogP) is 7.31. The molecule has 0 rings (SSSR count). The average Bonchev–Trinajstić information content (AvgIpc) is 2.42. The normalized spacial score (nSPS) is 16.0. The summed E-state index contributed by atoms with van der Waals surface area (Å²) in [5.41, 5.74) is 0. The van der Waals surface area contributed by atoms with Gasteiger partial charge in [0.15, 0.2) is 25.0 Å². The van der Waals surface area contributed by atoms with Gasteiger partial charge in [0.1, 0.15) is 0 Å². The van der Waals surface area contributed by atoms with Crippen LogP contribution in [0.2, 0.25) is 104 Å². The lowest BCUT2D eigenvalue weighted by molar-refractivity contribution is 0.111. The second-order valence-corrected chi connectivity index (χ2v) is 41.5. The third kappa shape index (κ3) is 18.2. The van der Waals surface area contributed by atoms with E-state index < -0.39 is 59.4 Å². The molecule has 0 radical (unpaired) electrons. The number of hydrogen-bond acceptors (Lipinski definition) is 7. The summed E-state index contributed by atoms with van der Waals surface area (Å²) in [7, 11) is -16.7. The zero-order chi connectivity index (χ0) is 28.1. The molecule has 0 bridgehead atoms. The van der Waals surface area contributed by atoms with Crippen LogP contribution in [0.5, 0.6) is 0 Å². The van der Waals surface area contributed by atoms with Gasteiger partial charge in [0.2, 0.25) is 0 Å². The monoisotopic (exact) mass is 618 g/mol. The molecule has 0 aliphatic rings. The molecule has 35 heavy (non-hydrogen) atoms. The summed E-state index contributed by atoms with van der Waals surface area (Å²) in [5.74, 6) is 0.201. The summed E-state index contributed by atoms with van der Waals surface area (Å²) < 4.78 is 47.0. The number of ether oxygens (including phenoxy) is 1. The molecule has 0 spiro atoms. The lowest BCUT2D eigenvalue weighted by Crippen LogP contribution is -2.66. The van der Waals surface area contributed by atoms with Gasteiger partial charge < -0.3 is 29.4 Å². The highest BCUT2D eigenvalue weighted by Gasteiger charge is 2.56. The van der Waals surface area contributed by atoms with Crippen LogP contribution in [0.25, 0.3) is 0 Å².